The Kier molecular flexibility index (Phi) is 5.39. The third kappa shape index (κ3) is 5.57. The Balaban J connectivity index is 2.22. The number of likely N-dealkylation sites (N-methyl/N-ethyl adjacent to an activating group) is 1. The lowest BCUT2D eigenvalue weighted by atomic mass is 10.4. The monoisotopic (exact) mass is 269 g/mol. The number of aliphatic carboxylic acids is 1. The van der Waals surface area contributed by atoms with E-state index in [0.717, 1.165) is 4.90 Å². The standard InChI is InChI=1S/C11H15N3O5/c1-14(7-10(16)17)9(15)6-13-11(18)12-5-8-3-2-4-19-8/h2-4H,5-7H2,1H3,(H,16,17)(H2,12,13,18). The van der Waals surface area contributed by atoms with Gasteiger partial charge in [0.25, 0.3) is 0 Å². The number of hydrogen-bond acceptors (Lipinski definition) is 4. The normalized spacial score (nSPS) is 9.74. The van der Waals surface area contributed by atoms with E-state index in [2.05, 4.69) is 10.6 Å². The molecule has 1 rings (SSSR count). The minimum Gasteiger partial charge on any atom is -0.480 e. The van der Waals surface area contributed by atoms with E-state index in [1.54, 1.807) is 12.1 Å². The first-order valence-corrected chi connectivity index (χ1v) is 5.49. The Morgan fingerprint density at radius 2 is 2.11 bits per heavy atom. The highest BCUT2D eigenvalue weighted by Gasteiger charge is 2.12. The third-order valence-corrected chi connectivity index (χ3v) is 2.20. The summed E-state index contributed by atoms with van der Waals surface area (Å²) < 4.78 is 5.01. The van der Waals surface area contributed by atoms with Gasteiger partial charge in [0.1, 0.15) is 12.3 Å². The maximum atomic E-state index is 11.4. The van der Waals surface area contributed by atoms with Crippen molar-refractivity contribution in [2.24, 2.45) is 0 Å². The minimum absolute atomic E-state index is 0.206. The van der Waals surface area contributed by atoms with E-state index in [1.165, 1.54) is 13.3 Å². The predicted molar refractivity (Wildman–Crippen MR) is 64.2 cm³/mol. The van der Waals surface area contributed by atoms with E-state index >= 15 is 0 Å². The van der Waals surface area contributed by atoms with Crippen LogP contribution < -0.4 is 10.6 Å². The zero-order valence-electron chi connectivity index (χ0n) is 10.4. The first kappa shape index (κ1) is 14.6. The van der Waals surface area contributed by atoms with Crippen LogP contribution in [0.4, 0.5) is 4.79 Å². The van der Waals surface area contributed by atoms with Crippen LogP contribution in [0.1, 0.15) is 5.76 Å². The lowest BCUT2D eigenvalue weighted by Crippen LogP contribution is -2.43. The number of nitrogens with zero attached hydrogens (tertiary/aromatic N) is 1. The van der Waals surface area contributed by atoms with Gasteiger partial charge in [0, 0.05) is 7.05 Å². The fourth-order valence-electron chi connectivity index (χ4n) is 1.22. The van der Waals surface area contributed by atoms with Crippen LogP contribution in [0.3, 0.4) is 0 Å². The van der Waals surface area contributed by atoms with Crippen LogP contribution >= 0.6 is 0 Å². The van der Waals surface area contributed by atoms with Gasteiger partial charge < -0.3 is 25.1 Å². The number of hydrogen-bond donors (Lipinski definition) is 3. The van der Waals surface area contributed by atoms with Gasteiger partial charge in [0.2, 0.25) is 5.91 Å². The molecule has 1 aromatic rings. The molecule has 0 spiro atoms. The topological polar surface area (TPSA) is 112 Å². The zero-order valence-corrected chi connectivity index (χ0v) is 10.4. The fraction of sp³-hybridized carbons (Fsp3) is 0.364. The summed E-state index contributed by atoms with van der Waals surface area (Å²) >= 11 is 0. The summed E-state index contributed by atoms with van der Waals surface area (Å²) in [6.07, 6.45) is 1.49. The number of rotatable bonds is 6. The van der Waals surface area contributed by atoms with Gasteiger partial charge in [-0.25, -0.2) is 4.79 Å². The van der Waals surface area contributed by atoms with E-state index in [-0.39, 0.29) is 13.1 Å². The molecule has 3 amide bonds. The van der Waals surface area contributed by atoms with Crippen molar-refractivity contribution in [3.63, 3.8) is 0 Å². The molecular formula is C11H15N3O5. The molecule has 104 valence electrons. The molecule has 0 saturated heterocycles. The molecule has 0 aromatic carbocycles. The van der Waals surface area contributed by atoms with Gasteiger partial charge in [-0.1, -0.05) is 0 Å². The maximum Gasteiger partial charge on any atom is 0.323 e. The van der Waals surface area contributed by atoms with E-state index in [4.69, 9.17) is 9.52 Å². The molecule has 0 aliphatic carbocycles. The number of furan rings is 1. The Hall–Kier alpha value is -2.51. The van der Waals surface area contributed by atoms with Gasteiger partial charge in [-0.2, -0.15) is 0 Å². The van der Waals surface area contributed by atoms with Crippen LogP contribution in [-0.4, -0.2) is 48.1 Å². The van der Waals surface area contributed by atoms with Gasteiger partial charge in [-0.15, -0.1) is 0 Å². The van der Waals surface area contributed by atoms with Crippen molar-refractivity contribution in [3.05, 3.63) is 24.2 Å². The van der Waals surface area contributed by atoms with Crippen LogP contribution in [0.15, 0.2) is 22.8 Å². The van der Waals surface area contributed by atoms with Crippen molar-refractivity contribution in [2.75, 3.05) is 20.1 Å². The van der Waals surface area contributed by atoms with E-state index in [1.807, 2.05) is 0 Å². The van der Waals surface area contributed by atoms with Crippen molar-refractivity contribution in [1.82, 2.24) is 15.5 Å². The Labute approximate surface area is 109 Å². The van der Waals surface area contributed by atoms with Crippen LogP contribution in [0.2, 0.25) is 0 Å². The molecule has 8 heteroatoms. The second-order valence-corrected chi connectivity index (χ2v) is 3.76. The van der Waals surface area contributed by atoms with Crippen LogP contribution in [0.5, 0.6) is 0 Å². The van der Waals surface area contributed by atoms with Gasteiger partial charge in [0.15, 0.2) is 0 Å². The summed E-state index contributed by atoms with van der Waals surface area (Å²) in [4.78, 5) is 34.1. The van der Waals surface area contributed by atoms with Gasteiger partial charge in [-0.05, 0) is 12.1 Å². The number of amides is 3. The summed E-state index contributed by atoms with van der Waals surface area (Å²) in [6, 6.07) is 2.86. The molecule has 3 N–H and O–H groups in total. The number of carboxylic acid groups (broad SMARTS) is 1. The lowest BCUT2D eigenvalue weighted by molar-refractivity contribution is -0.143. The Morgan fingerprint density at radius 1 is 1.37 bits per heavy atom. The lowest BCUT2D eigenvalue weighted by Gasteiger charge is -2.14. The predicted octanol–water partition coefficient (Wildman–Crippen LogP) is -0.378. The molecular weight excluding hydrogens is 254 g/mol. The third-order valence-electron chi connectivity index (χ3n) is 2.20. The second-order valence-electron chi connectivity index (χ2n) is 3.76. The summed E-state index contributed by atoms with van der Waals surface area (Å²) in [7, 11) is 1.35. The number of carbonyl (C=O) groups excluding carboxylic acids is 2. The SMILES string of the molecule is CN(CC(=O)O)C(=O)CNC(=O)NCc1ccco1. The van der Waals surface area contributed by atoms with E-state index in [0.29, 0.717) is 5.76 Å². The quantitative estimate of drug-likeness (QED) is 0.652. The summed E-state index contributed by atoms with van der Waals surface area (Å²) in [6.45, 7) is -0.472. The Morgan fingerprint density at radius 3 is 2.68 bits per heavy atom. The second kappa shape index (κ2) is 7.04. The van der Waals surface area contributed by atoms with Crippen molar-refractivity contribution in [1.29, 1.82) is 0 Å². The molecule has 0 fully saturated rings. The molecule has 0 atom stereocenters. The molecule has 0 bridgehead atoms. The highest BCUT2D eigenvalue weighted by Crippen LogP contribution is 1.97. The molecule has 19 heavy (non-hydrogen) atoms. The summed E-state index contributed by atoms with van der Waals surface area (Å²) in [5.74, 6) is -1.02. The van der Waals surface area contributed by atoms with Crippen molar-refractivity contribution < 1.29 is 23.9 Å². The van der Waals surface area contributed by atoms with Crippen molar-refractivity contribution in [3.8, 4) is 0 Å². The van der Waals surface area contributed by atoms with E-state index in [9.17, 15) is 14.4 Å². The molecule has 1 heterocycles. The molecule has 0 unspecified atom stereocenters. The Bertz CT molecular complexity index is 443. The first-order chi connectivity index (χ1) is 8.99. The summed E-state index contributed by atoms with van der Waals surface area (Å²) in [5, 5.41) is 13.3. The average Bonchev–Trinajstić information content (AvgIpc) is 2.85. The molecule has 0 radical (unpaired) electrons. The average molecular weight is 269 g/mol. The highest BCUT2D eigenvalue weighted by atomic mass is 16.4. The zero-order chi connectivity index (χ0) is 14.3. The molecule has 8 nitrogen and oxygen atoms in total. The largest absolute Gasteiger partial charge is 0.480 e. The maximum absolute atomic E-state index is 11.4. The van der Waals surface area contributed by atoms with Crippen LogP contribution in [0.25, 0.3) is 0 Å². The smallest absolute Gasteiger partial charge is 0.323 e. The first-order valence-electron chi connectivity index (χ1n) is 5.49. The van der Waals surface area contributed by atoms with E-state index < -0.39 is 24.5 Å². The van der Waals surface area contributed by atoms with Crippen LogP contribution in [0, 0.1) is 0 Å². The van der Waals surface area contributed by atoms with Crippen LogP contribution in [-0.2, 0) is 16.1 Å². The number of carboxylic acids is 1. The fourth-order valence-corrected chi connectivity index (χ4v) is 1.22. The summed E-state index contributed by atoms with van der Waals surface area (Å²) in [5.41, 5.74) is 0. The van der Waals surface area contributed by atoms with Crippen molar-refractivity contribution >= 4 is 17.9 Å². The number of carbonyl (C=O) groups is 3. The number of urea groups is 1. The van der Waals surface area contributed by atoms with Gasteiger partial charge in [0.05, 0.1) is 19.4 Å². The molecule has 0 saturated carbocycles. The highest BCUT2D eigenvalue weighted by molar-refractivity contribution is 5.86. The molecule has 1 aromatic heterocycles. The minimum atomic E-state index is -1.11. The van der Waals surface area contributed by atoms with Gasteiger partial charge in [-0.3, -0.25) is 9.59 Å². The number of nitrogens with one attached hydrogen (secondary N) is 2. The van der Waals surface area contributed by atoms with Gasteiger partial charge >= 0.3 is 12.0 Å². The van der Waals surface area contributed by atoms with Crippen molar-refractivity contribution in [2.45, 2.75) is 6.54 Å². The molecule has 0 aliphatic heterocycles. The molecule has 0 aliphatic rings.